The van der Waals surface area contributed by atoms with Crippen LogP contribution in [-0.4, -0.2) is 59.4 Å². The minimum Gasteiger partial charge on any atom is -0.506 e. The molecule has 1 aromatic rings. The number of hydrogen-bond donors (Lipinski definition) is 5. The lowest BCUT2D eigenvalue weighted by atomic mass is 10.1. The van der Waals surface area contributed by atoms with Crippen molar-refractivity contribution < 1.29 is 40.7 Å². The van der Waals surface area contributed by atoms with Gasteiger partial charge in [-0.25, -0.2) is 9.78 Å². The van der Waals surface area contributed by atoms with E-state index in [1.54, 1.807) is 0 Å². The molecule has 2 rings (SSSR count). The van der Waals surface area contributed by atoms with Crippen LogP contribution in [0, 0.1) is 11.3 Å². The third-order valence-corrected chi connectivity index (χ3v) is 2.54. The second kappa shape index (κ2) is 7.44. The van der Waals surface area contributed by atoms with Crippen molar-refractivity contribution in [3.05, 3.63) is 16.8 Å². The fourth-order valence-electron chi connectivity index (χ4n) is 1.64. The van der Waals surface area contributed by atoms with Crippen LogP contribution in [0.5, 0.6) is 0 Å². The van der Waals surface area contributed by atoms with Gasteiger partial charge in [0.1, 0.15) is 24.6 Å². The van der Waals surface area contributed by atoms with Gasteiger partial charge in [-0.15, -0.1) is 4.66 Å². The largest absolute Gasteiger partial charge is 0.506 e. The molecule has 1 fully saturated rings. The van der Waals surface area contributed by atoms with Crippen LogP contribution in [0.4, 0.5) is 5.95 Å². The fraction of sp³-hybridized carbons (Fsp3) is 0.625. The molecule has 1 aromatic heterocycles. The molecule has 11 nitrogen and oxygen atoms in total. The number of ether oxygens (including phenoxy) is 1. The van der Waals surface area contributed by atoms with E-state index in [0.717, 1.165) is 10.9 Å². The first-order valence-corrected chi connectivity index (χ1v) is 5.84. The first-order chi connectivity index (χ1) is 9.46. The minimum absolute atomic E-state index is 0.167. The van der Waals surface area contributed by atoms with Crippen LogP contribution in [0.15, 0.2) is 11.1 Å². The summed E-state index contributed by atoms with van der Waals surface area (Å²) < 4.78 is 21.3. The van der Waals surface area contributed by atoms with Crippen molar-refractivity contribution in [3.8, 4) is 0 Å². The SMILES string of the molecule is Nc1ncn([C@@H]2O[C@H](CO)[C@@H](O)[C@H]2O)c(=O)n1.[O-][Cl+]O. The Balaban J connectivity index is 0.000000612. The van der Waals surface area contributed by atoms with E-state index in [4.69, 9.17) is 24.9 Å². The molecule has 0 aromatic carbocycles. The summed E-state index contributed by atoms with van der Waals surface area (Å²) in [7, 11) is 0. The van der Waals surface area contributed by atoms with E-state index in [2.05, 4.69) is 9.97 Å². The van der Waals surface area contributed by atoms with Gasteiger partial charge in [0.2, 0.25) is 5.95 Å². The van der Waals surface area contributed by atoms with Crippen LogP contribution in [-0.2, 0) is 4.74 Å². The average molecular weight is 313 g/mol. The molecule has 1 saturated heterocycles. The van der Waals surface area contributed by atoms with Gasteiger partial charge in [-0.05, 0) is 0 Å². The predicted octanol–water partition coefficient (Wildman–Crippen LogP) is -4.91. The molecule has 0 radical (unpaired) electrons. The van der Waals surface area contributed by atoms with Crippen LogP contribution in [0.2, 0.25) is 0 Å². The van der Waals surface area contributed by atoms with Gasteiger partial charge < -0.3 is 30.4 Å². The topological polar surface area (TPSA) is 187 Å². The van der Waals surface area contributed by atoms with Gasteiger partial charge in [0.15, 0.2) is 6.23 Å². The Morgan fingerprint density at radius 3 is 2.55 bits per heavy atom. The maximum Gasteiger partial charge on any atom is 0.354 e. The molecule has 1 aliphatic heterocycles. The number of hydrogen-bond acceptors (Lipinski definition) is 10. The summed E-state index contributed by atoms with van der Waals surface area (Å²) in [6, 6.07) is 0. The van der Waals surface area contributed by atoms with E-state index in [0.29, 0.717) is 0 Å². The lowest BCUT2D eigenvalue weighted by Crippen LogP contribution is -2.36. The molecule has 0 saturated carbocycles. The highest BCUT2D eigenvalue weighted by Crippen LogP contribution is 2.27. The van der Waals surface area contributed by atoms with Gasteiger partial charge >= 0.3 is 17.0 Å². The van der Waals surface area contributed by atoms with Crippen LogP contribution in [0.25, 0.3) is 0 Å². The summed E-state index contributed by atoms with van der Waals surface area (Å²) in [4.78, 5) is 18.4. The molecule has 2 heterocycles. The Labute approximate surface area is 116 Å². The molecule has 20 heavy (non-hydrogen) atoms. The summed E-state index contributed by atoms with van der Waals surface area (Å²) in [6.45, 7) is -0.473. The Hall–Kier alpha value is -1.34. The molecule has 1 aliphatic rings. The monoisotopic (exact) mass is 312 g/mol. The molecule has 0 amide bonds. The number of nitrogens with zero attached hydrogens (tertiary/aromatic N) is 3. The normalized spacial score (nSPS) is 28.9. The molecule has 12 heteroatoms. The predicted molar refractivity (Wildman–Crippen MR) is 55.9 cm³/mol. The van der Waals surface area contributed by atoms with E-state index in [9.17, 15) is 15.0 Å². The molecule has 6 N–H and O–H groups in total. The third kappa shape index (κ3) is 3.61. The van der Waals surface area contributed by atoms with Crippen molar-refractivity contribution in [2.24, 2.45) is 0 Å². The summed E-state index contributed by atoms with van der Waals surface area (Å²) in [6.07, 6.45) is -3.67. The number of rotatable bonds is 2. The van der Waals surface area contributed by atoms with Crippen molar-refractivity contribution in [1.82, 2.24) is 14.5 Å². The standard InChI is InChI=1S/C8H12N4O5.ClHO2/c9-7-10-2-12(8(16)11-7)6-5(15)4(14)3(1-13)17-6;2-1-3/h2-6,13-15H,1H2,(H2,9,11,16);2H/t3-,4-,5-,6-;/m1./s1. The molecular weight excluding hydrogens is 300 g/mol. The molecular formula is C8H13ClN4O7. The zero-order chi connectivity index (χ0) is 15.3. The number of nitrogens with two attached hydrogens (primary N) is 1. The molecule has 4 atom stereocenters. The highest BCUT2D eigenvalue weighted by molar-refractivity contribution is 5.10. The Morgan fingerprint density at radius 2 is 2.10 bits per heavy atom. The number of aromatic nitrogens is 3. The maximum atomic E-state index is 11.5. The number of anilines is 1. The van der Waals surface area contributed by atoms with E-state index >= 15 is 0 Å². The van der Waals surface area contributed by atoms with Gasteiger partial charge in [-0.1, -0.05) is 0 Å². The zero-order valence-electron chi connectivity index (χ0n) is 9.90. The first kappa shape index (κ1) is 16.7. The molecule has 0 bridgehead atoms. The Kier molecular flexibility index (Phi) is 6.22. The van der Waals surface area contributed by atoms with Crippen LogP contribution in [0.1, 0.15) is 6.23 Å². The highest BCUT2D eigenvalue weighted by atomic mass is 35.6. The van der Waals surface area contributed by atoms with Gasteiger partial charge in [0.25, 0.3) is 0 Å². The number of nitrogen functional groups attached to an aromatic ring is 1. The van der Waals surface area contributed by atoms with Crippen molar-refractivity contribution >= 4 is 5.95 Å². The molecule has 0 spiro atoms. The van der Waals surface area contributed by atoms with Gasteiger partial charge in [0, 0.05) is 0 Å². The van der Waals surface area contributed by atoms with E-state index in [1.165, 1.54) is 0 Å². The van der Waals surface area contributed by atoms with Gasteiger partial charge in [0.05, 0.1) is 6.61 Å². The maximum absolute atomic E-state index is 11.5. The smallest absolute Gasteiger partial charge is 0.354 e. The number of aliphatic hydroxyl groups is 3. The van der Waals surface area contributed by atoms with Crippen LogP contribution in [0.3, 0.4) is 0 Å². The van der Waals surface area contributed by atoms with Crippen molar-refractivity contribution in [2.45, 2.75) is 24.5 Å². The zero-order valence-corrected chi connectivity index (χ0v) is 10.7. The van der Waals surface area contributed by atoms with E-state index in [-0.39, 0.29) is 17.3 Å². The lowest BCUT2D eigenvalue weighted by molar-refractivity contribution is -1.27. The highest BCUT2D eigenvalue weighted by Gasteiger charge is 2.43. The number of aliphatic hydroxyl groups excluding tert-OH is 3. The lowest BCUT2D eigenvalue weighted by Gasteiger charge is -2.16. The minimum atomic E-state index is -1.35. The summed E-state index contributed by atoms with van der Waals surface area (Å²) in [5.41, 5.74) is 4.46. The fourth-order valence-corrected chi connectivity index (χ4v) is 1.64. The van der Waals surface area contributed by atoms with Crippen molar-refractivity contribution in [3.63, 3.8) is 0 Å². The average Bonchev–Trinajstić information content (AvgIpc) is 2.67. The quantitative estimate of drug-likeness (QED) is 0.354. The summed E-state index contributed by atoms with van der Waals surface area (Å²) in [5, 5.41) is 28.1. The Bertz CT molecular complexity index is 486. The number of halogens is 1. The van der Waals surface area contributed by atoms with Gasteiger partial charge in [-0.3, -0.25) is 4.57 Å². The van der Waals surface area contributed by atoms with Crippen molar-refractivity contribution in [2.75, 3.05) is 12.3 Å². The van der Waals surface area contributed by atoms with E-state index in [1.807, 2.05) is 0 Å². The Morgan fingerprint density at radius 1 is 1.50 bits per heavy atom. The molecule has 0 unspecified atom stereocenters. The van der Waals surface area contributed by atoms with Gasteiger partial charge in [-0.2, -0.15) is 4.98 Å². The summed E-state index contributed by atoms with van der Waals surface area (Å²) in [5.74, 6) is -0.196. The van der Waals surface area contributed by atoms with Crippen LogP contribution < -0.4 is 16.1 Å². The molecule has 0 aliphatic carbocycles. The van der Waals surface area contributed by atoms with Crippen molar-refractivity contribution in [1.29, 1.82) is 0 Å². The van der Waals surface area contributed by atoms with Crippen LogP contribution >= 0.6 is 0 Å². The second-order valence-electron chi connectivity index (χ2n) is 3.70. The van der Waals surface area contributed by atoms with E-state index < -0.39 is 36.8 Å². The molecule has 114 valence electrons. The third-order valence-electron chi connectivity index (χ3n) is 2.54. The second-order valence-corrected chi connectivity index (χ2v) is 3.84. The first-order valence-electron chi connectivity index (χ1n) is 5.20. The summed E-state index contributed by atoms with van der Waals surface area (Å²) >= 11 is -0.167.